The fourth-order valence-electron chi connectivity index (χ4n) is 3.09. The molecule has 2 fully saturated rings. The predicted octanol–water partition coefficient (Wildman–Crippen LogP) is 2.50. The molecule has 2 aliphatic rings. The molecule has 2 rings (SSSR count). The summed E-state index contributed by atoms with van der Waals surface area (Å²) < 4.78 is 0. The molecule has 0 amide bonds. The summed E-state index contributed by atoms with van der Waals surface area (Å²) in [5.41, 5.74) is 0. The van der Waals surface area contributed by atoms with Crippen LogP contribution in [0.4, 0.5) is 0 Å². The van der Waals surface area contributed by atoms with E-state index in [-0.39, 0.29) is 0 Å². The van der Waals surface area contributed by atoms with Crippen LogP contribution in [0.3, 0.4) is 0 Å². The first-order valence-corrected chi connectivity index (χ1v) is 7.26. The zero-order valence-electron chi connectivity index (χ0n) is 11.0. The van der Waals surface area contributed by atoms with Crippen molar-refractivity contribution in [1.82, 2.24) is 10.2 Å². The van der Waals surface area contributed by atoms with Crippen molar-refractivity contribution in [2.45, 2.75) is 52.0 Å². The molecule has 0 aromatic carbocycles. The number of likely N-dealkylation sites (tertiary alicyclic amines) is 1. The molecule has 0 bridgehead atoms. The molecule has 1 aliphatic carbocycles. The van der Waals surface area contributed by atoms with Crippen molar-refractivity contribution in [3.05, 3.63) is 0 Å². The number of piperidine rings is 1. The SMILES string of the molecule is CCCNCC1CCC1N1CCC(C)CC1. The molecule has 1 saturated heterocycles. The summed E-state index contributed by atoms with van der Waals surface area (Å²) in [6.45, 7) is 9.81. The van der Waals surface area contributed by atoms with Crippen LogP contribution in [0.25, 0.3) is 0 Å². The van der Waals surface area contributed by atoms with E-state index in [1.807, 2.05) is 0 Å². The molecule has 2 atom stereocenters. The maximum atomic E-state index is 3.59. The monoisotopic (exact) mass is 224 g/mol. The third-order valence-electron chi connectivity index (χ3n) is 4.50. The molecule has 2 unspecified atom stereocenters. The lowest BCUT2D eigenvalue weighted by Gasteiger charge is -2.47. The van der Waals surface area contributed by atoms with Crippen molar-refractivity contribution in [2.24, 2.45) is 11.8 Å². The summed E-state index contributed by atoms with van der Waals surface area (Å²) in [6.07, 6.45) is 7.01. The van der Waals surface area contributed by atoms with Crippen molar-refractivity contribution in [3.8, 4) is 0 Å². The maximum absolute atomic E-state index is 3.59. The van der Waals surface area contributed by atoms with Crippen LogP contribution in [0.5, 0.6) is 0 Å². The quantitative estimate of drug-likeness (QED) is 0.722. The summed E-state index contributed by atoms with van der Waals surface area (Å²) in [4.78, 5) is 2.77. The molecule has 1 saturated carbocycles. The lowest BCUT2D eigenvalue weighted by atomic mass is 9.77. The lowest BCUT2D eigenvalue weighted by molar-refractivity contribution is 0.0367. The van der Waals surface area contributed by atoms with Crippen LogP contribution in [0.2, 0.25) is 0 Å². The molecule has 2 nitrogen and oxygen atoms in total. The molecule has 0 aromatic heterocycles. The van der Waals surface area contributed by atoms with E-state index < -0.39 is 0 Å². The van der Waals surface area contributed by atoms with Gasteiger partial charge in [-0.1, -0.05) is 13.8 Å². The Morgan fingerprint density at radius 2 is 1.88 bits per heavy atom. The lowest BCUT2D eigenvalue weighted by Crippen LogP contribution is -2.52. The molecule has 0 spiro atoms. The van der Waals surface area contributed by atoms with E-state index in [2.05, 4.69) is 24.1 Å². The molecule has 94 valence electrons. The summed E-state index contributed by atoms with van der Waals surface area (Å²) in [5, 5.41) is 3.59. The highest BCUT2D eigenvalue weighted by Crippen LogP contribution is 2.34. The second-order valence-corrected chi connectivity index (χ2v) is 5.83. The second-order valence-electron chi connectivity index (χ2n) is 5.83. The van der Waals surface area contributed by atoms with Gasteiger partial charge >= 0.3 is 0 Å². The van der Waals surface area contributed by atoms with E-state index in [1.54, 1.807) is 0 Å². The zero-order chi connectivity index (χ0) is 11.4. The van der Waals surface area contributed by atoms with Gasteiger partial charge in [0.25, 0.3) is 0 Å². The standard InChI is InChI=1S/C14H28N2/c1-3-8-15-11-13-4-5-14(13)16-9-6-12(2)7-10-16/h12-15H,3-11H2,1-2H3. The van der Waals surface area contributed by atoms with Crippen LogP contribution in [-0.4, -0.2) is 37.1 Å². The molecule has 1 heterocycles. The molecule has 0 aromatic rings. The van der Waals surface area contributed by atoms with Crippen LogP contribution >= 0.6 is 0 Å². The fraction of sp³-hybridized carbons (Fsp3) is 1.00. The Hall–Kier alpha value is -0.0800. The van der Waals surface area contributed by atoms with Crippen molar-refractivity contribution in [3.63, 3.8) is 0 Å². The van der Waals surface area contributed by atoms with Crippen molar-refractivity contribution >= 4 is 0 Å². The number of nitrogens with one attached hydrogen (secondary N) is 1. The van der Waals surface area contributed by atoms with Crippen LogP contribution in [0, 0.1) is 11.8 Å². The van der Waals surface area contributed by atoms with E-state index in [9.17, 15) is 0 Å². The number of hydrogen-bond acceptors (Lipinski definition) is 2. The first kappa shape index (κ1) is 12.4. The van der Waals surface area contributed by atoms with E-state index >= 15 is 0 Å². The third kappa shape index (κ3) is 2.98. The minimum atomic E-state index is 0.914. The Kier molecular flexibility index (Phi) is 4.66. The first-order chi connectivity index (χ1) is 7.81. The van der Waals surface area contributed by atoms with Crippen molar-refractivity contribution in [2.75, 3.05) is 26.2 Å². The first-order valence-electron chi connectivity index (χ1n) is 7.26. The van der Waals surface area contributed by atoms with Gasteiger partial charge in [0.05, 0.1) is 0 Å². The zero-order valence-corrected chi connectivity index (χ0v) is 11.0. The van der Waals surface area contributed by atoms with E-state index in [1.165, 1.54) is 58.3 Å². The number of hydrogen-bond donors (Lipinski definition) is 1. The maximum Gasteiger partial charge on any atom is 0.0136 e. The highest BCUT2D eigenvalue weighted by atomic mass is 15.2. The Morgan fingerprint density at radius 3 is 2.44 bits per heavy atom. The normalized spacial score (nSPS) is 32.6. The van der Waals surface area contributed by atoms with Gasteiger partial charge in [0.2, 0.25) is 0 Å². The largest absolute Gasteiger partial charge is 0.316 e. The average Bonchev–Trinajstić information content (AvgIpc) is 2.26. The molecule has 16 heavy (non-hydrogen) atoms. The van der Waals surface area contributed by atoms with Gasteiger partial charge in [-0.3, -0.25) is 0 Å². The van der Waals surface area contributed by atoms with E-state index in [0.29, 0.717) is 0 Å². The second kappa shape index (κ2) is 6.02. The van der Waals surface area contributed by atoms with E-state index in [0.717, 1.165) is 17.9 Å². The van der Waals surface area contributed by atoms with Crippen LogP contribution in [-0.2, 0) is 0 Å². The molecular weight excluding hydrogens is 196 g/mol. The average molecular weight is 224 g/mol. The topological polar surface area (TPSA) is 15.3 Å². The van der Waals surface area contributed by atoms with Crippen molar-refractivity contribution < 1.29 is 0 Å². The van der Waals surface area contributed by atoms with Crippen molar-refractivity contribution in [1.29, 1.82) is 0 Å². The number of nitrogens with zero attached hydrogens (tertiary/aromatic N) is 1. The summed E-state index contributed by atoms with van der Waals surface area (Å²) in [5.74, 6) is 1.91. The van der Waals surface area contributed by atoms with Crippen LogP contribution < -0.4 is 5.32 Å². The van der Waals surface area contributed by atoms with Gasteiger partial charge in [0.15, 0.2) is 0 Å². The van der Waals surface area contributed by atoms with Gasteiger partial charge in [0.1, 0.15) is 0 Å². The third-order valence-corrected chi connectivity index (χ3v) is 4.50. The van der Waals surface area contributed by atoms with Gasteiger partial charge in [-0.15, -0.1) is 0 Å². The molecular formula is C14H28N2. The molecule has 1 N–H and O–H groups in total. The van der Waals surface area contributed by atoms with Crippen LogP contribution in [0.15, 0.2) is 0 Å². The Labute approximate surface area is 101 Å². The minimum absolute atomic E-state index is 0.914. The predicted molar refractivity (Wildman–Crippen MR) is 69.6 cm³/mol. The summed E-state index contributed by atoms with van der Waals surface area (Å²) in [7, 11) is 0. The summed E-state index contributed by atoms with van der Waals surface area (Å²) >= 11 is 0. The Bertz CT molecular complexity index is 197. The number of rotatable bonds is 5. The molecule has 2 heteroatoms. The summed E-state index contributed by atoms with van der Waals surface area (Å²) in [6, 6.07) is 0.914. The van der Waals surface area contributed by atoms with Crippen LogP contribution in [0.1, 0.15) is 46.0 Å². The van der Waals surface area contributed by atoms with Gasteiger partial charge < -0.3 is 10.2 Å². The smallest absolute Gasteiger partial charge is 0.0136 e. The van der Waals surface area contributed by atoms with Gasteiger partial charge in [-0.2, -0.15) is 0 Å². The highest BCUT2D eigenvalue weighted by molar-refractivity contribution is 4.91. The molecule has 1 aliphatic heterocycles. The fourth-order valence-corrected chi connectivity index (χ4v) is 3.09. The van der Waals surface area contributed by atoms with E-state index in [4.69, 9.17) is 0 Å². The Balaban J connectivity index is 1.69. The minimum Gasteiger partial charge on any atom is -0.316 e. The molecule has 0 radical (unpaired) electrons. The van der Waals surface area contributed by atoms with Gasteiger partial charge in [0, 0.05) is 6.04 Å². The van der Waals surface area contributed by atoms with Gasteiger partial charge in [-0.25, -0.2) is 0 Å². The highest BCUT2D eigenvalue weighted by Gasteiger charge is 2.35. The Morgan fingerprint density at radius 1 is 1.12 bits per heavy atom. The van der Waals surface area contributed by atoms with Gasteiger partial charge in [-0.05, 0) is 70.1 Å².